The first-order valence-corrected chi connectivity index (χ1v) is 3.93. The molecule has 1 nitrogen and oxygen atoms in total. The molecule has 0 aromatic carbocycles. The summed E-state index contributed by atoms with van der Waals surface area (Å²) in [7, 11) is 0. The molecule has 0 heterocycles. The minimum absolute atomic E-state index is 3.00. The van der Waals surface area contributed by atoms with Gasteiger partial charge in [0, 0.05) is 0 Å². The molecule has 0 bridgehead atoms. The predicted octanol–water partition coefficient (Wildman–Crippen LogP) is 6.12. The summed E-state index contributed by atoms with van der Waals surface area (Å²) < 4.78 is 3.19. The molecule has 0 amide bonds. The molecule has 0 aliphatic rings. The molecular weight excluding hydrogens is 231 g/mol. The van der Waals surface area contributed by atoms with Crippen LogP contribution in [-0.2, 0) is 3.84 Å². The summed E-state index contributed by atoms with van der Waals surface area (Å²) in [6, 6.07) is 0. The zero-order chi connectivity index (χ0) is 14.7. The lowest BCUT2D eigenvalue weighted by atomic mass is 11.3. The summed E-state index contributed by atoms with van der Waals surface area (Å²) in [6.07, 6.45) is 0. The lowest BCUT2D eigenvalue weighted by Crippen LogP contribution is -1.15. The first-order chi connectivity index (χ1) is 7.41. The van der Waals surface area contributed by atoms with Crippen LogP contribution in [0.2, 0.25) is 0 Å². The van der Waals surface area contributed by atoms with Crippen molar-refractivity contribution in [1.82, 2.24) is 0 Å². The average molecular weight is 255 g/mol. The van der Waals surface area contributed by atoms with Gasteiger partial charge >= 0.3 is 0 Å². The van der Waals surface area contributed by atoms with Crippen molar-refractivity contribution >= 4 is 23.7 Å². The summed E-state index contributed by atoms with van der Waals surface area (Å²) in [6.45, 7) is 36.0. The van der Waals surface area contributed by atoms with E-state index in [0.717, 1.165) is 0 Å². The molecular formula is C12H24Cl2O. The van der Waals surface area contributed by atoms with Crippen LogP contribution in [0.15, 0.2) is 78.9 Å². The van der Waals surface area contributed by atoms with Crippen LogP contribution < -0.4 is 0 Å². The summed E-state index contributed by atoms with van der Waals surface area (Å²) in [5.41, 5.74) is 0. The molecule has 0 aliphatic carbocycles. The van der Waals surface area contributed by atoms with Crippen LogP contribution in [-0.4, -0.2) is 0 Å². The molecule has 0 saturated heterocycles. The Balaban J connectivity index is -0.0000000101. The fourth-order valence-electron chi connectivity index (χ4n) is 0. The van der Waals surface area contributed by atoms with Gasteiger partial charge in [0.2, 0.25) is 0 Å². The third-order valence-electron chi connectivity index (χ3n) is 0. The zero-order valence-electron chi connectivity index (χ0n) is 9.65. The SMILES string of the molecule is C=C.C=C.C=C.C=C.C=C.C=C.ClOCl. The summed E-state index contributed by atoms with van der Waals surface area (Å²) >= 11 is 8.53. The predicted molar refractivity (Wildman–Crippen MR) is 80.3 cm³/mol. The van der Waals surface area contributed by atoms with Crippen molar-refractivity contribution in [3.63, 3.8) is 0 Å². The highest BCUT2D eigenvalue weighted by molar-refractivity contribution is 6.24. The monoisotopic (exact) mass is 254 g/mol. The van der Waals surface area contributed by atoms with Crippen molar-refractivity contribution < 1.29 is 3.84 Å². The molecule has 0 N–H and O–H groups in total. The van der Waals surface area contributed by atoms with Crippen molar-refractivity contribution in [2.45, 2.75) is 0 Å². The second-order valence-electron chi connectivity index (χ2n) is 0.0583. The Hall–Kier alpha value is -1.02. The second kappa shape index (κ2) is 4660000. The van der Waals surface area contributed by atoms with Gasteiger partial charge in [-0.1, -0.05) is 0 Å². The highest BCUT2D eigenvalue weighted by Gasteiger charge is 1.38. The largest absolute Gasteiger partial charge is 0.166 e. The van der Waals surface area contributed by atoms with Crippen molar-refractivity contribution in [2.75, 3.05) is 0 Å². The van der Waals surface area contributed by atoms with Gasteiger partial charge in [-0.2, -0.15) is 3.84 Å². The second-order valence-corrected chi connectivity index (χ2v) is 0.525. The third-order valence-corrected chi connectivity index (χ3v) is 0. The van der Waals surface area contributed by atoms with E-state index in [1.54, 1.807) is 0 Å². The Kier molecular flexibility index (Phi) is 15000000. The minimum Gasteiger partial charge on any atom is -0.166 e. The Morgan fingerprint density at radius 3 is 0.400 bits per heavy atom. The van der Waals surface area contributed by atoms with E-state index in [9.17, 15) is 0 Å². The van der Waals surface area contributed by atoms with Gasteiger partial charge in [-0.3, -0.25) is 0 Å². The van der Waals surface area contributed by atoms with Crippen molar-refractivity contribution in [3.05, 3.63) is 78.9 Å². The van der Waals surface area contributed by atoms with Crippen LogP contribution in [0.4, 0.5) is 0 Å². The Morgan fingerprint density at radius 1 is 0.400 bits per heavy atom. The molecule has 0 unspecified atom stereocenters. The van der Waals surface area contributed by atoms with Crippen LogP contribution in [0.3, 0.4) is 0 Å². The topological polar surface area (TPSA) is 9.23 Å². The molecule has 0 atom stereocenters. The maximum Gasteiger partial charge on any atom is 0.0832 e. The van der Waals surface area contributed by atoms with Crippen LogP contribution in [0.25, 0.3) is 0 Å². The molecule has 0 fully saturated rings. The highest BCUT2D eigenvalue weighted by atomic mass is 35.6. The molecule has 3 heteroatoms. The maximum absolute atomic E-state index is 4.26. The number of rotatable bonds is 0. The van der Waals surface area contributed by atoms with Gasteiger partial charge in [-0.25, -0.2) is 0 Å². The lowest BCUT2D eigenvalue weighted by molar-refractivity contribution is 0.697. The van der Waals surface area contributed by atoms with Gasteiger partial charge < -0.3 is 0 Å². The third kappa shape index (κ3) is 1500. The van der Waals surface area contributed by atoms with Gasteiger partial charge in [0.1, 0.15) is 0 Å². The summed E-state index contributed by atoms with van der Waals surface area (Å²) in [5.74, 6) is 0. The molecule has 0 rings (SSSR count). The number of halogens is 2. The van der Waals surface area contributed by atoms with E-state index in [1.807, 2.05) is 0 Å². The van der Waals surface area contributed by atoms with Crippen LogP contribution in [0.1, 0.15) is 0 Å². The molecule has 15 heavy (non-hydrogen) atoms. The number of hydrogen-bond donors (Lipinski definition) is 0. The Labute approximate surface area is 107 Å². The van der Waals surface area contributed by atoms with Crippen LogP contribution in [0.5, 0.6) is 0 Å². The number of hydrogen-bond acceptors (Lipinski definition) is 1. The van der Waals surface area contributed by atoms with E-state index in [4.69, 9.17) is 0 Å². The standard InChI is InChI=1S/6C2H4.Cl2O/c6*1-2;1-3-2/h6*1-2H2;. The molecule has 0 aromatic heterocycles. The fraction of sp³-hybridized carbons (Fsp3) is 0. The highest BCUT2D eigenvalue weighted by Crippen LogP contribution is 1.78. The minimum atomic E-state index is 3.00. The van der Waals surface area contributed by atoms with Crippen LogP contribution >= 0.6 is 23.7 Å². The molecule has 0 saturated carbocycles. The van der Waals surface area contributed by atoms with Gasteiger partial charge in [0.15, 0.2) is 0 Å². The summed E-state index contributed by atoms with van der Waals surface area (Å²) in [5, 5.41) is 0. The fourth-order valence-corrected chi connectivity index (χ4v) is 0. The van der Waals surface area contributed by atoms with Crippen molar-refractivity contribution in [3.8, 4) is 0 Å². The quantitative estimate of drug-likeness (QED) is 0.473. The van der Waals surface area contributed by atoms with Crippen molar-refractivity contribution in [2.24, 2.45) is 0 Å². The molecule has 0 aromatic rings. The van der Waals surface area contributed by atoms with E-state index in [2.05, 4.69) is 107 Å². The van der Waals surface area contributed by atoms with Gasteiger partial charge in [-0.15, -0.1) is 78.9 Å². The van der Waals surface area contributed by atoms with E-state index in [-0.39, 0.29) is 0 Å². The van der Waals surface area contributed by atoms with Crippen LogP contribution in [0, 0.1) is 0 Å². The summed E-state index contributed by atoms with van der Waals surface area (Å²) in [4.78, 5) is 0. The van der Waals surface area contributed by atoms with E-state index >= 15 is 0 Å². The van der Waals surface area contributed by atoms with E-state index < -0.39 is 0 Å². The molecule has 0 spiro atoms. The molecule has 0 radical (unpaired) electrons. The van der Waals surface area contributed by atoms with E-state index in [1.165, 1.54) is 0 Å². The molecule has 0 aliphatic heterocycles. The first-order valence-electron chi connectivity index (χ1n) is 3.31. The normalized spacial score (nSPS) is 2.80. The Morgan fingerprint density at radius 2 is 0.400 bits per heavy atom. The first kappa shape index (κ1) is 48.3. The van der Waals surface area contributed by atoms with E-state index in [0.29, 0.717) is 0 Å². The average Bonchev–Trinajstić information content (AvgIpc) is 2.44. The Bertz CT molecular complexity index is 37.4. The van der Waals surface area contributed by atoms with Gasteiger partial charge in [0.05, 0.1) is 23.7 Å². The smallest absolute Gasteiger partial charge is 0.0832 e. The zero-order valence-corrected chi connectivity index (χ0v) is 11.2. The maximum atomic E-state index is 4.26. The lowest BCUT2D eigenvalue weighted by Gasteiger charge is -1.46. The molecule has 92 valence electrons. The van der Waals surface area contributed by atoms with Gasteiger partial charge in [0.25, 0.3) is 0 Å². The van der Waals surface area contributed by atoms with Crippen molar-refractivity contribution in [1.29, 1.82) is 0 Å². The van der Waals surface area contributed by atoms with Gasteiger partial charge in [-0.05, 0) is 0 Å².